The minimum absolute atomic E-state index is 0.619. The van der Waals surface area contributed by atoms with E-state index in [1.807, 2.05) is 51.2 Å². The number of pyridine rings is 1. The third-order valence-electron chi connectivity index (χ3n) is 3.72. The number of allylic oxidation sites excluding steroid dienone is 1. The van der Waals surface area contributed by atoms with E-state index in [0.717, 1.165) is 39.3 Å². The number of thiophene rings is 1. The van der Waals surface area contributed by atoms with Crippen molar-refractivity contribution in [1.82, 2.24) is 15.2 Å². The Morgan fingerprint density at radius 2 is 2.18 bits per heavy atom. The number of nitrogens with one attached hydrogen (secondary N) is 2. The van der Waals surface area contributed by atoms with Gasteiger partial charge in [-0.3, -0.25) is 15.2 Å². The van der Waals surface area contributed by atoms with E-state index in [1.165, 1.54) is 17.7 Å². The second kappa shape index (κ2) is 12.4. The minimum atomic E-state index is 0.619. The van der Waals surface area contributed by atoms with Crippen LogP contribution < -0.4 is 10.2 Å². The Morgan fingerprint density at radius 3 is 2.79 bits per heavy atom. The van der Waals surface area contributed by atoms with Crippen molar-refractivity contribution in [3.63, 3.8) is 0 Å². The summed E-state index contributed by atoms with van der Waals surface area (Å²) in [5, 5.41) is 11.0. The van der Waals surface area contributed by atoms with Gasteiger partial charge in [0.25, 0.3) is 0 Å². The molecule has 0 amide bonds. The van der Waals surface area contributed by atoms with Crippen LogP contribution in [0.3, 0.4) is 0 Å². The Bertz CT molecular complexity index is 840. The van der Waals surface area contributed by atoms with Crippen LogP contribution in [0.25, 0.3) is 10.2 Å². The lowest BCUT2D eigenvalue weighted by atomic mass is 10.2. The molecule has 0 aliphatic rings. The molecule has 2 aromatic heterocycles. The van der Waals surface area contributed by atoms with Crippen molar-refractivity contribution in [3.05, 3.63) is 47.6 Å². The first-order valence-electron chi connectivity index (χ1n) is 8.68. The van der Waals surface area contributed by atoms with Crippen molar-refractivity contribution in [2.45, 2.75) is 6.92 Å². The van der Waals surface area contributed by atoms with Gasteiger partial charge >= 0.3 is 0 Å². The molecular weight excluding hydrogens is 372 g/mol. The maximum absolute atomic E-state index is 10.6. The second-order valence-electron chi connectivity index (χ2n) is 5.99. The Morgan fingerprint density at radius 1 is 1.43 bits per heavy atom. The fraction of sp³-hybridized carbons (Fsp3) is 0.300. The Hall–Kier alpha value is -3.00. The largest absolute Gasteiger partial charge is 0.377 e. The van der Waals surface area contributed by atoms with Gasteiger partial charge in [-0.05, 0) is 25.1 Å². The van der Waals surface area contributed by atoms with Gasteiger partial charge in [-0.2, -0.15) is 0 Å². The van der Waals surface area contributed by atoms with Gasteiger partial charge < -0.3 is 15.1 Å². The smallest absolute Gasteiger partial charge is 0.160 e. The Labute approximate surface area is 170 Å². The Kier molecular flexibility index (Phi) is 10.2. The number of nitrogens with zero attached hydrogens (tertiary/aromatic N) is 4. The lowest BCUT2D eigenvalue weighted by Gasteiger charge is -2.12. The summed E-state index contributed by atoms with van der Waals surface area (Å²) in [4.78, 5) is 24.3. The molecule has 2 rings (SSSR count). The highest BCUT2D eigenvalue weighted by Gasteiger charge is 2.07. The third-order valence-corrected chi connectivity index (χ3v) is 4.68. The van der Waals surface area contributed by atoms with E-state index >= 15 is 0 Å². The van der Waals surface area contributed by atoms with Gasteiger partial charge in [0.1, 0.15) is 4.83 Å². The summed E-state index contributed by atoms with van der Waals surface area (Å²) in [5.41, 5.74) is 2.11. The normalized spacial score (nSPS) is 10.9. The number of aromatic nitrogens is 1. The van der Waals surface area contributed by atoms with Crippen molar-refractivity contribution in [1.29, 1.82) is 5.41 Å². The molecule has 0 unspecified atom stereocenters. The number of hydrogen-bond donors (Lipinski definition) is 2. The van der Waals surface area contributed by atoms with Gasteiger partial charge in [-0.15, -0.1) is 17.9 Å². The molecule has 0 atom stereocenters. The van der Waals surface area contributed by atoms with E-state index in [9.17, 15) is 4.79 Å². The summed E-state index contributed by atoms with van der Waals surface area (Å²) < 4.78 is 0. The first-order chi connectivity index (χ1) is 13.4. The number of aliphatic imine (C=N–C) groups is 1. The first kappa shape index (κ1) is 23.0. The molecule has 0 aliphatic heterocycles. The molecule has 2 aromatic rings. The number of anilines is 1. The number of rotatable bonds is 9. The lowest BCUT2D eigenvalue weighted by Crippen LogP contribution is -2.13. The van der Waals surface area contributed by atoms with Crippen LogP contribution in [0.1, 0.15) is 16.6 Å². The third kappa shape index (κ3) is 7.32. The molecule has 0 saturated heterocycles. The lowest BCUT2D eigenvalue weighted by molar-refractivity contribution is 0.112. The van der Waals surface area contributed by atoms with Crippen LogP contribution in [0.5, 0.6) is 0 Å². The van der Waals surface area contributed by atoms with Crippen molar-refractivity contribution in [2.75, 3.05) is 39.1 Å². The second-order valence-corrected chi connectivity index (χ2v) is 7.05. The predicted molar refractivity (Wildman–Crippen MR) is 121 cm³/mol. The minimum Gasteiger partial charge on any atom is -0.377 e. The number of carbonyl (C=O) groups is 1. The van der Waals surface area contributed by atoms with Crippen LogP contribution in [0.15, 0.2) is 47.7 Å². The van der Waals surface area contributed by atoms with Crippen LogP contribution in [0.2, 0.25) is 0 Å². The van der Waals surface area contributed by atoms with Gasteiger partial charge in [-0.25, -0.2) is 4.98 Å². The molecule has 0 bridgehead atoms. The van der Waals surface area contributed by atoms with E-state index < -0.39 is 0 Å². The summed E-state index contributed by atoms with van der Waals surface area (Å²) in [6.45, 7) is 6.86. The highest BCUT2D eigenvalue weighted by atomic mass is 32.1. The topological polar surface area (TPSA) is 84.7 Å². The summed E-state index contributed by atoms with van der Waals surface area (Å²) in [6, 6.07) is 3.83. The molecule has 8 heteroatoms. The zero-order valence-electron chi connectivity index (χ0n) is 16.8. The molecule has 0 aliphatic carbocycles. The fourth-order valence-corrected chi connectivity index (χ4v) is 2.91. The summed E-state index contributed by atoms with van der Waals surface area (Å²) in [7, 11) is 5.79. The first-order valence-corrected chi connectivity index (χ1v) is 9.50. The molecule has 28 heavy (non-hydrogen) atoms. The molecular formula is C20H28N6OS. The van der Waals surface area contributed by atoms with Crippen molar-refractivity contribution >= 4 is 46.2 Å². The van der Waals surface area contributed by atoms with E-state index in [0.29, 0.717) is 6.54 Å². The van der Waals surface area contributed by atoms with Crippen molar-refractivity contribution in [3.8, 4) is 0 Å². The van der Waals surface area contributed by atoms with Crippen LogP contribution >= 0.6 is 11.3 Å². The summed E-state index contributed by atoms with van der Waals surface area (Å²) >= 11 is 1.42. The Balaban J connectivity index is 0.000000280. The highest BCUT2D eigenvalue weighted by Crippen LogP contribution is 2.29. The number of hydrogen-bond acceptors (Lipinski definition) is 6. The van der Waals surface area contributed by atoms with E-state index in [-0.39, 0.29) is 0 Å². The van der Waals surface area contributed by atoms with E-state index in [4.69, 9.17) is 5.41 Å². The standard InChI is InChI=1S/C10H18N4.C10H10N2OS/c1-4-6-12-9-13-7-5-10(2)14(3)8-11;1-12(2)9-3-4-11-10-8(9)5-7(6-13)14-10/h4-5,8-9,11H,1,6-7H2,2-3H3,(H,12,13);3-6H,1-2H3/b10-5+,11-8?;. The average Bonchev–Trinajstić information content (AvgIpc) is 3.13. The molecule has 2 N–H and O–H groups in total. The molecule has 0 spiro atoms. The summed E-state index contributed by atoms with van der Waals surface area (Å²) in [5.74, 6) is 0. The number of carbonyl (C=O) groups excluding carboxylic acids is 1. The number of aldehydes is 1. The van der Waals surface area contributed by atoms with E-state index in [2.05, 4.69) is 21.9 Å². The zero-order valence-corrected chi connectivity index (χ0v) is 17.7. The monoisotopic (exact) mass is 400 g/mol. The molecule has 0 aromatic carbocycles. The maximum Gasteiger partial charge on any atom is 0.160 e. The maximum atomic E-state index is 10.6. The van der Waals surface area contributed by atoms with Crippen LogP contribution in [-0.4, -0.2) is 63.1 Å². The average molecular weight is 401 g/mol. The van der Waals surface area contributed by atoms with Gasteiger partial charge in [0.2, 0.25) is 0 Å². The van der Waals surface area contributed by atoms with Gasteiger partial charge in [-0.1, -0.05) is 6.08 Å². The van der Waals surface area contributed by atoms with Gasteiger partial charge in [0, 0.05) is 50.7 Å². The van der Waals surface area contributed by atoms with Crippen LogP contribution in [0, 0.1) is 5.41 Å². The molecule has 0 saturated carbocycles. The summed E-state index contributed by atoms with van der Waals surface area (Å²) in [6.07, 6.45) is 9.29. The van der Waals surface area contributed by atoms with Gasteiger partial charge in [0.15, 0.2) is 6.29 Å². The molecule has 2 heterocycles. The zero-order chi connectivity index (χ0) is 20.9. The van der Waals surface area contributed by atoms with Crippen LogP contribution in [0.4, 0.5) is 5.69 Å². The predicted octanol–water partition coefficient (Wildman–Crippen LogP) is 3.41. The van der Waals surface area contributed by atoms with Gasteiger partial charge in [0.05, 0.1) is 24.1 Å². The number of fused-ring (bicyclic) bond motifs is 1. The van der Waals surface area contributed by atoms with Crippen molar-refractivity contribution < 1.29 is 4.79 Å². The van der Waals surface area contributed by atoms with E-state index in [1.54, 1.807) is 23.5 Å². The molecule has 0 radical (unpaired) electrons. The fourth-order valence-electron chi connectivity index (χ4n) is 2.08. The molecule has 7 nitrogen and oxygen atoms in total. The highest BCUT2D eigenvalue weighted by molar-refractivity contribution is 7.20. The van der Waals surface area contributed by atoms with Crippen molar-refractivity contribution in [2.24, 2.45) is 4.99 Å². The quantitative estimate of drug-likeness (QED) is 0.222. The molecule has 0 fully saturated rings. The molecule has 150 valence electrons. The van der Waals surface area contributed by atoms with Crippen LogP contribution in [-0.2, 0) is 0 Å². The SMILES string of the molecule is C=CCNC=NC/C=C(\C)N(C)C=N.CN(C)c1ccnc2sc(C=O)cc12.